The number of ether oxygens (including phenoxy) is 1. The van der Waals surface area contributed by atoms with Crippen molar-refractivity contribution in [3.05, 3.63) is 65.7 Å². The molecule has 0 aliphatic carbocycles. The molecular formula is C21H21F2NO2S2. The maximum Gasteiger partial charge on any atom is 0.321 e. The van der Waals surface area contributed by atoms with E-state index in [1.165, 1.54) is 17.3 Å². The fourth-order valence-corrected chi connectivity index (χ4v) is 4.21. The molecule has 2 aromatic carbocycles. The van der Waals surface area contributed by atoms with Crippen LogP contribution in [0.15, 0.2) is 48.5 Å². The predicted octanol–water partition coefficient (Wildman–Crippen LogP) is 4.84. The fraction of sp³-hybridized carbons (Fsp3) is 0.333. The first-order valence-corrected chi connectivity index (χ1v) is 10.5. The van der Waals surface area contributed by atoms with E-state index in [1.807, 2.05) is 6.07 Å². The summed E-state index contributed by atoms with van der Waals surface area (Å²) in [5, 5.41) is 0. The van der Waals surface area contributed by atoms with E-state index in [0.717, 1.165) is 44.5 Å². The predicted molar refractivity (Wildman–Crippen MR) is 111 cm³/mol. The molecule has 28 heavy (non-hydrogen) atoms. The van der Waals surface area contributed by atoms with Crippen LogP contribution in [-0.4, -0.2) is 34.0 Å². The van der Waals surface area contributed by atoms with Gasteiger partial charge in [0.05, 0.1) is 5.75 Å². The van der Waals surface area contributed by atoms with Gasteiger partial charge in [0, 0.05) is 19.2 Å². The van der Waals surface area contributed by atoms with Crippen LogP contribution in [0.2, 0.25) is 0 Å². The van der Waals surface area contributed by atoms with Crippen LogP contribution in [0.25, 0.3) is 0 Å². The molecule has 3 nitrogen and oxygen atoms in total. The van der Waals surface area contributed by atoms with Crippen molar-refractivity contribution in [3.63, 3.8) is 0 Å². The van der Waals surface area contributed by atoms with E-state index >= 15 is 0 Å². The second kappa shape index (κ2) is 9.98. The van der Waals surface area contributed by atoms with Gasteiger partial charge >= 0.3 is 5.97 Å². The number of thiocarbonyl (C=S) groups is 1. The van der Waals surface area contributed by atoms with E-state index in [1.54, 1.807) is 0 Å². The Balaban J connectivity index is 1.40. The summed E-state index contributed by atoms with van der Waals surface area (Å²) < 4.78 is 32.0. The smallest absolute Gasteiger partial charge is 0.321 e. The number of carbonyl (C=O) groups excluding carboxylic acids is 1. The van der Waals surface area contributed by atoms with Crippen molar-refractivity contribution in [1.29, 1.82) is 0 Å². The Bertz CT molecular complexity index is 824. The topological polar surface area (TPSA) is 29.5 Å². The Morgan fingerprint density at radius 2 is 1.86 bits per heavy atom. The van der Waals surface area contributed by atoms with Gasteiger partial charge in [0.2, 0.25) is 0 Å². The zero-order valence-electron chi connectivity index (χ0n) is 15.3. The molecule has 148 valence electrons. The first kappa shape index (κ1) is 20.7. The van der Waals surface area contributed by atoms with Crippen molar-refractivity contribution in [1.82, 2.24) is 4.90 Å². The standard InChI is InChI=1S/C21H21F2NO2S2/c22-17-6-7-19(18(23)13-17)26-20(25)14-28-21(27)24-10-8-16(9-11-24)12-15-4-2-1-3-5-15/h1-7,13,16H,8-12,14H2. The minimum atomic E-state index is -0.901. The number of thioether (sulfide) groups is 1. The highest BCUT2D eigenvalue weighted by molar-refractivity contribution is 8.23. The number of piperidine rings is 1. The van der Waals surface area contributed by atoms with Gasteiger partial charge in [-0.1, -0.05) is 54.3 Å². The molecular weight excluding hydrogens is 400 g/mol. The average Bonchev–Trinajstić information content (AvgIpc) is 2.70. The van der Waals surface area contributed by atoms with Crippen LogP contribution < -0.4 is 4.74 Å². The maximum absolute atomic E-state index is 13.5. The molecule has 0 saturated carbocycles. The minimum Gasteiger partial charge on any atom is -0.423 e. The highest BCUT2D eigenvalue weighted by Gasteiger charge is 2.22. The van der Waals surface area contributed by atoms with Gasteiger partial charge in [0.1, 0.15) is 10.1 Å². The molecule has 0 aromatic heterocycles. The number of likely N-dealkylation sites (tertiary alicyclic amines) is 1. The summed E-state index contributed by atoms with van der Waals surface area (Å²) in [4.78, 5) is 14.0. The maximum atomic E-state index is 13.5. The van der Waals surface area contributed by atoms with Crippen LogP contribution in [0, 0.1) is 17.6 Å². The summed E-state index contributed by atoms with van der Waals surface area (Å²) in [5.74, 6) is -1.89. The van der Waals surface area contributed by atoms with Crippen LogP contribution in [0.3, 0.4) is 0 Å². The molecule has 0 N–H and O–H groups in total. The molecule has 2 aromatic rings. The number of esters is 1. The summed E-state index contributed by atoms with van der Waals surface area (Å²) in [5.41, 5.74) is 1.36. The van der Waals surface area contributed by atoms with Gasteiger partial charge < -0.3 is 9.64 Å². The van der Waals surface area contributed by atoms with Gasteiger partial charge in [0.15, 0.2) is 11.6 Å². The number of rotatable bonds is 5. The van der Waals surface area contributed by atoms with Crippen molar-refractivity contribution in [2.24, 2.45) is 5.92 Å². The lowest BCUT2D eigenvalue weighted by atomic mass is 9.90. The molecule has 0 spiro atoms. The Morgan fingerprint density at radius 1 is 1.14 bits per heavy atom. The zero-order chi connectivity index (χ0) is 19.9. The van der Waals surface area contributed by atoms with Gasteiger partial charge in [-0.05, 0) is 42.9 Å². The lowest BCUT2D eigenvalue weighted by molar-refractivity contribution is -0.131. The first-order valence-electron chi connectivity index (χ1n) is 9.12. The minimum absolute atomic E-state index is 0.0143. The van der Waals surface area contributed by atoms with Crippen molar-refractivity contribution in [2.75, 3.05) is 18.8 Å². The second-order valence-electron chi connectivity index (χ2n) is 6.72. The number of hydrogen-bond donors (Lipinski definition) is 0. The third-order valence-electron chi connectivity index (χ3n) is 4.67. The van der Waals surface area contributed by atoms with E-state index in [0.29, 0.717) is 16.3 Å². The van der Waals surface area contributed by atoms with Crippen LogP contribution in [-0.2, 0) is 11.2 Å². The third-order valence-corrected chi connectivity index (χ3v) is 6.17. The highest BCUT2D eigenvalue weighted by atomic mass is 32.2. The second-order valence-corrected chi connectivity index (χ2v) is 8.33. The van der Waals surface area contributed by atoms with Crippen molar-refractivity contribution in [2.45, 2.75) is 19.3 Å². The normalized spacial score (nSPS) is 14.7. The van der Waals surface area contributed by atoms with Gasteiger partial charge in [-0.15, -0.1) is 0 Å². The highest BCUT2D eigenvalue weighted by Crippen LogP contribution is 2.24. The van der Waals surface area contributed by atoms with E-state index in [2.05, 4.69) is 29.2 Å². The quantitative estimate of drug-likeness (QED) is 0.391. The Kier molecular flexibility index (Phi) is 7.39. The largest absolute Gasteiger partial charge is 0.423 e. The van der Waals surface area contributed by atoms with E-state index in [9.17, 15) is 13.6 Å². The SMILES string of the molecule is O=C(CSC(=S)N1CCC(Cc2ccccc2)CC1)Oc1ccc(F)cc1F. The summed E-state index contributed by atoms with van der Waals surface area (Å²) in [7, 11) is 0. The summed E-state index contributed by atoms with van der Waals surface area (Å²) in [6, 6.07) is 13.3. The monoisotopic (exact) mass is 421 g/mol. The molecule has 1 heterocycles. The number of hydrogen-bond acceptors (Lipinski definition) is 4. The van der Waals surface area contributed by atoms with Gasteiger partial charge in [0.25, 0.3) is 0 Å². The molecule has 1 fully saturated rings. The van der Waals surface area contributed by atoms with Crippen molar-refractivity contribution < 1.29 is 18.3 Å². The molecule has 1 aliphatic rings. The number of carbonyl (C=O) groups is 1. The zero-order valence-corrected chi connectivity index (χ0v) is 16.9. The molecule has 0 radical (unpaired) electrons. The summed E-state index contributed by atoms with van der Waals surface area (Å²) in [6.45, 7) is 1.73. The lowest BCUT2D eigenvalue weighted by Crippen LogP contribution is -2.37. The number of halogens is 2. The van der Waals surface area contributed by atoms with E-state index in [4.69, 9.17) is 17.0 Å². The molecule has 0 amide bonds. The molecule has 1 saturated heterocycles. The molecule has 0 bridgehead atoms. The number of nitrogens with zero attached hydrogens (tertiary/aromatic N) is 1. The average molecular weight is 422 g/mol. The van der Waals surface area contributed by atoms with Crippen LogP contribution in [0.4, 0.5) is 8.78 Å². The Hall–Kier alpha value is -1.99. The first-order chi connectivity index (χ1) is 13.5. The van der Waals surface area contributed by atoms with E-state index in [-0.39, 0.29) is 11.5 Å². The molecule has 1 aliphatic heterocycles. The van der Waals surface area contributed by atoms with Gasteiger partial charge in [-0.25, -0.2) is 8.78 Å². The van der Waals surface area contributed by atoms with Gasteiger partial charge in [-0.3, -0.25) is 4.79 Å². The van der Waals surface area contributed by atoms with Crippen LogP contribution >= 0.6 is 24.0 Å². The molecule has 7 heteroatoms. The molecule has 0 atom stereocenters. The van der Waals surface area contributed by atoms with Crippen molar-refractivity contribution in [3.8, 4) is 5.75 Å². The Labute approximate surface area is 173 Å². The third kappa shape index (κ3) is 6.01. The van der Waals surface area contributed by atoms with Crippen molar-refractivity contribution >= 4 is 34.3 Å². The Morgan fingerprint density at radius 3 is 2.54 bits per heavy atom. The lowest BCUT2D eigenvalue weighted by Gasteiger charge is -2.33. The van der Waals surface area contributed by atoms with Gasteiger partial charge in [-0.2, -0.15) is 0 Å². The van der Waals surface area contributed by atoms with E-state index < -0.39 is 17.6 Å². The molecule has 0 unspecified atom stereocenters. The number of benzene rings is 2. The molecule has 3 rings (SSSR count). The fourth-order valence-electron chi connectivity index (χ4n) is 3.19. The summed E-state index contributed by atoms with van der Waals surface area (Å²) >= 11 is 6.64. The van der Waals surface area contributed by atoms with Crippen LogP contribution in [0.1, 0.15) is 18.4 Å². The summed E-state index contributed by atoms with van der Waals surface area (Å²) in [6.07, 6.45) is 3.19. The van der Waals surface area contributed by atoms with Crippen LogP contribution in [0.5, 0.6) is 5.75 Å².